The molecule has 1 aromatic heterocycles. The highest BCUT2D eigenvalue weighted by molar-refractivity contribution is 7.14. The van der Waals surface area contributed by atoms with Gasteiger partial charge in [0.2, 0.25) is 5.91 Å². The van der Waals surface area contributed by atoms with Crippen LogP contribution in [-0.4, -0.2) is 48.9 Å². The number of rotatable bonds is 2. The second kappa shape index (κ2) is 6.84. The fraction of sp³-hybridized carbons (Fsp3) is 0.667. The Kier molecular flexibility index (Phi) is 4.59. The number of thiophene rings is 1. The summed E-state index contributed by atoms with van der Waals surface area (Å²) in [4.78, 5) is 29.0. The summed E-state index contributed by atoms with van der Waals surface area (Å²) in [7, 11) is 0. The minimum atomic E-state index is 0.0902. The summed E-state index contributed by atoms with van der Waals surface area (Å²) in [5, 5.41) is 5.92. The maximum Gasteiger partial charge on any atom is 0.255 e. The van der Waals surface area contributed by atoms with E-state index in [1.807, 2.05) is 11.4 Å². The van der Waals surface area contributed by atoms with Gasteiger partial charge in [-0.05, 0) is 37.7 Å². The van der Waals surface area contributed by atoms with Gasteiger partial charge < -0.3 is 15.1 Å². The first kappa shape index (κ1) is 16.1. The molecule has 2 aliphatic heterocycles. The first-order valence-corrected chi connectivity index (χ1v) is 10.0. The molecular weight excluding hydrogens is 322 g/mol. The number of hydrogen-bond acceptors (Lipinski definition) is 4. The van der Waals surface area contributed by atoms with Crippen molar-refractivity contribution in [2.45, 2.75) is 44.6 Å². The lowest BCUT2D eigenvalue weighted by atomic mass is 9.78. The molecule has 0 radical (unpaired) electrons. The fourth-order valence-electron chi connectivity index (χ4n) is 4.46. The third-order valence-corrected chi connectivity index (χ3v) is 6.64. The van der Waals surface area contributed by atoms with E-state index in [0.717, 1.165) is 36.5 Å². The van der Waals surface area contributed by atoms with Crippen molar-refractivity contribution in [2.75, 3.05) is 31.1 Å². The Labute approximate surface area is 147 Å². The maximum atomic E-state index is 13.0. The lowest BCUT2D eigenvalue weighted by Crippen LogP contribution is -2.49. The second-order valence-corrected chi connectivity index (χ2v) is 8.04. The number of anilines is 1. The Morgan fingerprint density at radius 3 is 2.88 bits per heavy atom. The number of nitrogens with zero attached hydrogens (tertiary/aromatic N) is 2. The van der Waals surface area contributed by atoms with Crippen LogP contribution in [0.15, 0.2) is 11.4 Å². The Morgan fingerprint density at radius 1 is 1.17 bits per heavy atom. The third kappa shape index (κ3) is 2.97. The largest absolute Gasteiger partial charge is 0.335 e. The van der Waals surface area contributed by atoms with Crippen LogP contribution in [0, 0.1) is 5.92 Å². The van der Waals surface area contributed by atoms with Gasteiger partial charge >= 0.3 is 0 Å². The van der Waals surface area contributed by atoms with E-state index in [2.05, 4.69) is 10.2 Å². The van der Waals surface area contributed by atoms with Crippen molar-refractivity contribution < 1.29 is 9.59 Å². The number of carbonyl (C=O) groups excluding carboxylic acids is 2. The average Bonchev–Trinajstić information content (AvgIpc) is 3.11. The molecule has 2 amide bonds. The van der Waals surface area contributed by atoms with Gasteiger partial charge in [0.05, 0.1) is 17.1 Å². The molecule has 3 heterocycles. The molecule has 3 aliphatic rings. The van der Waals surface area contributed by atoms with Crippen molar-refractivity contribution in [3.8, 4) is 0 Å². The first-order chi connectivity index (χ1) is 11.7. The molecule has 1 N–H and O–H groups in total. The number of carbonyl (C=O) groups is 2. The lowest BCUT2D eigenvalue weighted by Gasteiger charge is -2.44. The van der Waals surface area contributed by atoms with E-state index >= 15 is 0 Å². The summed E-state index contributed by atoms with van der Waals surface area (Å²) < 4.78 is 0. The molecular formula is C18H25N3O2S. The molecule has 2 unspecified atom stereocenters. The zero-order valence-corrected chi connectivity index (χ0v) is 14.8. The number of likely N-dealkylation sites (tertiary alicyclic amines) is 1. The summed E-state index contributed by atoms with van der Waals surface area (Å²) in [6.07, 6.45) is 7.40. The van der Waals surface area contributed by atoms with Gasteiger partial charge in [0, 0.05) is 31.1 Å². The third-order valence-electron chi connectivity index (χ3n) is 5.69. The van der Waals surface area contributed by atoms with Crippen LogP contribution in [0.4, 0.5) is 5.00 Å². The number of hydrogen-bond donors (Lipinski definition) is 1. The predicted molar refractivity (Wildman–Crippen MR) is 95.6 cm³/mol. The molecule has 5 nitrogen and oxygen atoms in total. The molecule has 6 heteroatoms. The van der Waals surface area contributed by atoms with Crippen molar-refractivity contribution in [3.05, 3.63) is 17.0 Å². The van der Waals surface area contributed by atoms with Gasteiger partial charge in [-0.3, -0.25) is 9.59 Å². The minimum Gasteiger partial charge on any atom is -0.335 e. The first-order valence-electron chi connectivity index (χ1n) is 9.14. The molecule has 4 rings (SSSR count). The van der Waals surface area contributed by atoms with Gasteiger partial charge in [-0.2, -0.15) is 0 Å². The fourth-order valence-corrected chi connectivity index (χ4v) is 5.39. The van der Waals surface area contributed by atoms with Gasteiger partial charge in [-0.1, -0.05) is 12.8 Å². The number of piperidine rings is 1. The summed E-state index contributed by atoms with van der Waals surface area (Å²) in [5.74, 6) is 0.952. The number of nitrogens with one attached hydrogen (secondary N) is 1. The van der Waals surface area contributed by atoms with E-state index < -0.39 is 0 Å². The summed E-state index contributed by atoms with van der Waals surface area (Å²) in [5.41, 5.74) is 0.757. The van der Waals surface area contributed by atoms with Crippen LogP contribution in [0.5, 0.6) is 0 Å². The minimum absolute atomic E-state index is 0.0902. The van der Waals surface area contributed by atoms with Crippen molar-refractivity contribution in [1.29, 1.82) is 0 Å². The van der Waals surface area contributed by atoms with Crippen molar-refractivity contribution in [1.82, 2.24) is 10.2 Å². The van der Waals surface area contributed by atoms with E-state index in [0.29, 0.717) is 25.0 Å². The predicted octanol–water partition coefficient (Wildman–Crippen LogP) is 2.48. The average molecular weight is 347 g/mol. The summed E-state index contributed by atoms with van der Waals surface area (Å²) >= 11 is 1.51. The van der Waals surface area contributed by atoms with E-state index in [9.17, 15) is 9.59 Å². The number of fused-ring (bicyclic) bond motifs is 1. The highest BCUT2D eigenvalue weighted by Gasteiger charge is 2.36. The topological polar surface area (TPSA) is 52.7 Å². The molecule has 0 spiro atoms. The number of amides is 2. The Bertz CT molecular complexity index is 628. The summed E-state index contributed by atoms with van der Waals surface area (Å²) in [6.45, 7) is 2.76. The van der Waals surface area contributed by atoms with E-state index in [1.54, 1.807) is 4.90 Å². The quantitative estimate of drug-likeness (QED) is 0.894. The van der Waals surface area contributed by atoms with Crippen LogP contribution >= 0.6 is 11.3 Å². The molecule has 130 valence electrons. The van der Waals surface area contributed by atoms with Crippen molar-refractivity contribution >= 4 is 28.2 Å². The molecule has 1 aliphatic carbocycles. The zero-order valence-electron chi connectivity index (χ0n) is 14.0. The normalized spacial score (nSPS) is 27.9. The maximum absolute atomic E-state index is 13.0. The van der Waals surface area contributed by atoms with Crippen molar-refractivity contribution in [3.63, 3.8) is 0 Å². The smallest absolute Gasteiger partial charge is 0.255 e. The Balaban J connectivity index is 1.51. The molecule has 3 fully saturated rings. The van der Waals surface area contributed by atoms with Crippen LogP contribution < -0.4 is 10.2 Å². The van der Waals surface area contributed by atoms with Crippen LogP contribution in [0.25, 0.3) is 0 Å². The van der Waals surface area contributed by atoms with Crippen LogP contribution in [0.1, 0.15) is 48.9 Å². The molecule has 1 saturated carbocycles. The Morgan fingerprint density at radius 2 is 2.00 bits per heavy atom. The van der Waals surface area contributed by atoms with Crippen molar-refractivity contribution in [2.24, 2.45) is 5.92 Å². The highest BCUT2D eigenvalue weighted by Crippen LogP contribution is 2.36. The lowest BCUT2D eigenvalue weighted by molar-refractivity contribution is -0.118. The molecule has 24 heavy (non-hydrogen) atoms. The monoisotopic (exact) mass is 347 g/mol. The number of piperazine rings is 1. The molecule has 2 saturated heterocycles. The molecule has 1 aromatic rings. The van der Waals surface area contributed by atoms with Gasteiger partial charge in [0.25, 0.3) is 5.91 Å². The van der Waals surface area contributed by atoms with Gasteiger partial charge in [-0.25, -0.2) is 0 Å². The van der Waals surface area contributed by atoms with Gasteiger partial charge in [-0.15, -0.1) is 11.3 Å². The van der Waals surface area contributed by atoms with Gasteiger partial charge in [0.1, 0.15) is 0 Å². The SMILES string of the molecule is O=C1CNCCN1c1cc(C(=O)N2CCCC3CCCCC32)cs1. The molecule has 2 atom stereocenters. The summed E-state index contributed by atoms with van der Waals surface area (Å²) in [6, 6.07) is 2.35. The van der Waals surface area contributed by atoms with Crippen LogP contribution in [0.2, 0.25) is 0 Å². The van der Waals surface area contributed by atoms with E-state index in [1.165, 1.54) is 37.0 Å². The van der Waals surface area contributed by atoms with Crippen LogP contribution in [-0.2, 0) is 4.79 Å². The zero-order chi connectivity index (χ0) is 16.5. The molecule has 0 bridgehead atoms. The standard InChI is InChI=1S/C18H25N3O2S/c22-16-11-19-7-9-21(16)17-10-14(12-24-17)18(23)20-8-3-5-13-4-1-2-6-15(13)20/h10,12-13,15,19H,1-9,11H2. The van der Waals surface area contributed by atoms with Gasteiger partial charge in [0.15, 0.2) is 0 Å². The van der Waals surface area contributed by atoms with E-state index in [4.69, 9.17) is 0 Å². The van der Waals surface area contributed by atoms with Crippen LogP contribution in [0.3, 0.4) is 0 Å². The highest BCUT2D eigenvalue weighted by atomic mass is 32.1. The Hall–Kier alpha value is -1.40. The van der Waals surface area contributed by atoms with E-state index in [-0.39, 0.29) is 11.8 Å². The second-order valence-electron chi connectivity index (χ2n) is 7.15. The molecule has 0 aromatic carbocycles.